The van der Waals surface area contributed by atoms with Gasteiger partial charge in [0.2, 0.25) is 5.91 Å². The van der Waals surface area contributed by atoms with E-state index in [0.717, 1.165) is 77.5 Å². The monoisotopic (exact) mass is 457 g/mol. The highest BCUT2D eigenvalue weighted by molar-refractivity contribution is 5.93. The molecule has 0 aromatic rings. The van der Waals surface area contributed by atoms with Crippen LogP contribution in [-0.4, -0.2) is 84.8 Å². The minimum absolute atomic E-state index is 0.176. The molecule has 3 saturated heterocycles. The van der Waals surface area contributed by atoms with Gasteiger partial charge in [-0.05, 0) is 70.8 Å². The molecule has 1 aliphatic carbocycles. The smallest absolute Gasteiger partial charge is 0.409 e. The van der Waals surface area contributed by atoms with Crippen LogP contribution < -0.4 is 0 Å². The molecule has 5 aliphatic rings. The van der Waals surface area contributed by atoms with E-state index < -0.39 is 0 Å². The van der Waals surface area contributed by atoms with Crippen LogP contribution in [0.15, 0.2) is 22.9 Å². The van der Waals surface area contributed by atoms with Crippen molar-refractivity contribution in [2.24, 2.45) is 5.41 Å². The Balaban J connectivity index is 1.23. The largest absolute Gasteiger partial charge is 0.450 e. The summed E-state index contributed by atoms with van der Waals surface area (Å²) in [5.74, 6) is 0.350. The lowest BCUT2D eigenvalue weighted by molar-refractivity contribution is -0.142. The van der Waals surface area contributed by atoms with Gasteiger partial charge in [-0.15, -0.1) is 0 Å². The van der Waals surface area contributed by atoms with E-state index >= 15 is 0 Å². The van der Waals surface area contributed by atoms with E-state index in [1.165, 1.54) is 16.8 Å². The Morgan fingerprint density at radius 2 is 1.73 bits per heavy atom. The first-order valence-corrected chi connectivity index (χ1v) is 13.0. The first-order chi connectivity index (χ1) is 16.0. The zero-order valence-corrected chi connectivity index (χ0v) is 20.3. The van der Waals surface area contributed by atoms with Crippen LogP contribution in [0.4, 0.5) is 4.79 Å². The highest BCUT2D eigenvalue weighted by Gasteiger charge is 2.54. The SMILES string of the molecule is CCOC(=O)N1CCC(N2CCC(N3C(=O)C4(CCOCC4)C4=C3CCC(C)=C4)CC2)CC1. The maximum absolute atomic E-state index is 13.9. The normalized spacial score (nSPS) is 27.2. The van der Waals surface area contributed by atoms with Gasteiger partial charge in [-0.3, -0.25) is 4.79 Å². The molecule has 0 saturated carbocycles. The molecule has 0 unspecified atom stereocenters. The number of allylic oxidation sites excluding steroid dienone is 3. The van der Waals surface area contributed by atoms with Gasteiger partial charge in [0.05, 0.1) is 12.0 Å². The van der Waals surface area contributed by atoms with E-state index in [9.17, 15) is 9.59 Å². The van der Waals surface area contributed by atoms with Crippen LogP contribution in [0.5, 0.6) is 0 Å². The molecule has 2 amide bonds. The molecular weight excluding hydrogens is 418 g/mol. The van der Waals surface area contributed by atoms with Crippen molar-refractivity contribution in [3.63, 3.8) is 0 Å². The standard InChI is InChI=1S/C26H39N3O4/c1-3-33-25(31)28-14-6-20(7-15-28)27-12-8-21(9-13-27)29-23-5-4-19(2)18-22(23)26(24(29)30)10-16-32-17-11-26/h18,20-21H,3-17H2,1-2H3. The van der Waals surface area contributed by atoms with Gasteiger partial charge in [-0.1, -0.05) is 11.6 Å². The maximum Gasteiger partial charge on any atom is 0.409 e. The molecule has 0 radical (unpaired) electrons. The van der Waals surface area contributed by atoms with E-state index in [-0.39, 0.29) is 11.5 Å². The lowest BCUT2D eigenvalue weighted by atomic mass is 9.72. The molecule has 33 heavy (non-hydrogen) atoms. The number of fused-ring (bicyclic) bond motifs is 1. The first kappa shape index (κ1) is 22.9. The Bertz CT molecular complexity index is 828. The molecule has 4 heterocycles. The van der Waals surface area contributed by atoms with Crippen molar-refractivity contribution in [2.75, 3.05) is 46.0 Å². The Morgan fingerprint density at radius 3 is 2.39 bits per heavy atom. The molecule has 0 N–H and O–H groups in total. The molecule has 4 aliphatic heterocycles. The number of hydrogen-bond donors (Lipinski definition) is 0. The number of carbonyl (C=O) groups excluding carboxylic acids is 2. The van der Waals surface area contributed by atoms with E-state index in [0.29, 0.717) is 37.8 Å². The van der Waals surface area contributed by atoms with Crippen molar-refractivity contribution in [1.29, 1.82) is 0 Å². The predicted molar refractivity (Wildman–Crippen MR) is 126 cm³/mol. The highest BCUT2D eigenvalue weighted by Crippen LogP contribution is 2.52. The van der Waals surface area contributed by atoms with Crippen LogP contribution in [-0.2, 0) is 14.3 Å². The predicted octanol–water partition coefficient (Wildman–Crippen LogP) is 3.70. The first-order valence-electron chi connectivity index (χ1n) is 13.0. The van der Waals surface area contributed by atoms with Crippen molar-refractivity contribution in [2.45, 2.75) is 77.3 Å². The van der Waals surface area contributed by atoms with Gasteiger partial charge < -0.3 is 24.2 Å². The van der Waals surface area contributed by atoms with Gasteiger partial charge in [-0.2, -0.15) is 0 Å². The number of rotatable bonds is 3. The average molecular weight is 458 g/mol. The second-order valence-corrected chi connectivity index (χ2v) is 10.4. The number of hydrogen-bond acceptors (Lipinski definition) is 5. The van der Waals surface area contributed by atoms with E-state index in [2.05, 4.69) is 22.8 Å². The Morgan fingerprint density at radius 1 is 1.06 bits per heavy atom. The van der Waals surface area contributed by atoms with Crippen molar-refractivity contribution in [1.82, 2.24) is 14.7 Å². The summed E-state index contributed by atoms with van der Waals surface area (Å²) in [6.07, 6.45) is 9.95. The third-order valence-corrected chi connectivity index (χ3v) is 8.61. The minimum Gasteiger partial charge on any atom is -0.450 e. The number of ether oxygens (including phenoxy) is 2. The molecule has 0 aromatic heterocycles. The fourth-order valence-corrected chi connectivity index (χ4v) is 6.71. The molecule has 1 spiro atoms. The summed E-state index contributed by atoms with van der Waals surface area (Å²) in [7, 11) is 0. The van der Waals surface area contributed by atoms with Gasteiger partial charge in [0.25, 0.3) is 0 Å². The van der Waals surface area contributed by atoms with Crippen molar-refractivity contribution in [3.8, 4) is 0 Å². The van der Waals surface area contributed by atoms with E-state index in [4.69, 9.17) is 9.47 Å². The van der Waals surface area contributed by atoms with Crippen LogP contribution in [0.1, 0.15) is 65.2 Å². The lowest BCUT2D eigenvalue weighted by Gasteiger charge is -2.44. The summed E-state index contributed by atoms with van der Waals surface area (Å²) >= 11 is 0. The number of amides is 2. The maximum atomic E-state index is 13.9. The molecule has 0 bridgehead atoms. The number of nitrogens with zero attached hydrogens (tertiary/aromatic N) is 3. The van der Waals surface area contributed by atoms with Gasteiger partial charge in [0.15, 0.2) is 0 Å². The minimum atomic E-state index is -0.341. The van der Waals surface area contributed by atoms with Gasteiger partial charge in [0.1, 0.15) is 0 Å². The van der Waals surface area contributed by atoms with E-state index in [1.807, 2.05) is 11.8 Å². The summed E-state index contributed by atoms with van der Waals surface area (Å²) in [4.78, 5) is 32.6. The van der Waals surface area contributed by atoms with Crippen LogP contribution in [0.3, 0.4) is 0 Å². The molecule has 7 nitrogen and oxygen atoms in total. The summed E-state index contributed by atoms with van der Waals surface area (Å²) < 4.78 is 10.8. The summed E-state index contributed by atoms with van der Waals surface area (Å²) in [6, 6.07) is 0.843. The summed E-state index contributed by atoms with van der Waals surface area (Å²) in [5, 5.41) is 0. The van der Waals surface area contributed by atoms with Crippen molar-refractivity contribution >= 4 is 12.0 Å². The van der Waals surface area contributed by atoms with Gasteiger partial charge in [0, 0.05) is 57.2 Å². The highest BCUT2D eigenvalue weighted by atomic mass is 16.6. The van der Waals surface area contributed by atoms with Crippen LogP contribution in [0, 0.1) is 5.41 Å². The van der Waals surface area contributed by atoms with Crippen LogP contribution in [0.2, 0.25) is 0 Å². The molecule has 182 valence electrons. The fraction of sp³-hybridized carbons (Fsp3) is 0.769. The molecule has 3 fully saturated rings. The van der Waals surface area contributed by atoms with E-state index in [1.54, 1.807) is 0 Å². The van der Waals surface area contributed by atoms with Crippen LogP contribution >= 0.6 is 0 Å². The zero-order valence-electron chi connectivity index (χ0n) is 20.3. The Hall–Kier alpha value is -1.86. The van der Waals surface area contributed by atoms with Gasteiger partial charge in [-0.25, -0.2) is 4.79 Å². The molecule has 0 atom stereocenters. The Labute approximate surface area is 197 Å². The number of piperidine rings is 2. The second-order valence-electron chi connectivity index (χ2n) is 10.4. The number of likely N-dealkylation sites (tertiary alicyclic amines) is 2. The fourth-order valence-electron chi connectivity index (χ4n) is 6.71. The summed E-state index contributed by atoms with van der Waals surface area (Å²) in [5.41, 5.74) is 3.69. The average Bonchev–Trinajstić information content (AvgIpc) is 3.07. The zero-order chi connectivity index (χ0) is 23.0. The topological polar surface area (TPSA) is 62.3 Å². The quantitative estimate of drug-likeness (QED) is 0.647. The molecular formula is C26H39N3O4. The lowest BCUT2D eigenvalue weighted by Crippen LogP contribution is -2.53. The molecule has 0 aromatic carbocycles. The number of carbonyl (C=O) groups is 2. The van der Waals surface area contributed by atoms with Crippen molar-refractivity contribution < 1.29 is 19.1 Å². The molecule has 5 rings (SSSR count). The third-order valence-electron chi connectivity index (χ3n) is 8.61. The second kappa shape index (κ2) is 9.41. The van der Waals surface area contributed by atoms with Crippen LogP contribution in [0.25, 0.3) is 0 Å². The third kappa shape index (κ3) is 4.12. The van der Waals surface area contributed by atoms with Crippen molar-refractivity contribution in [3.05, 3.63) is 22.9 Å². The summed E-state index contributed by atoms with van der Waals surface area (Å²) in [6.45, 7) is 9.49. The van der Waals surface area contributed by atoms with Gasteiger partial charge >= 0.3 is 6.09 Å². The Kier molecular flexibility index (Phi) is 6.54. The molecule has 7 heteroatoms.